The van der Waals surface area contributed by atoms with Crippen LogP contribution in [0, 0.1) is 11.6 Å². The van der Waals surface area contributed by atoms with Crippen LogP contribution in [0.5, 0.6) is 0 Å². The highest BCUT2D eigenvalue weighted by Crippen LogP contribution is 2.23. The number of furan rings is 1. The molecule has 0 spiro atoms. The predicted octanol–water partition coefficient (Wildman–Crippen LogP) is 4.48. The molecule has 0 aliphatic heterocycles. The lowest BCUT2D eigenvalue weighted by Gasteiger charge is -2.11. The van der Waals surface area contributed by atoms with Crippen LogP contribution in [0.3, 0.4) is 0 Å². The highest BCUT2D eigenvalue weighted by Gasteiger charge is 2.18. The van der Waals surface area contributed by atoms with E-state index in [1.54, 1.807) is 16.7 Å². The first-order chi connectivity index (χ1) is 12.1. The van der Waals surface area contributed by atoms with Gasteiger partial charge in [0.1, 0.15) is 5.69 Å². The van der Waals surface area contributed by atoms with Crippen molar-refractivity contribution in [2.75, 3.05) is 6.54 Å². The molecule has 0 unspecified atom stereocenters. The molecule has 0 saturated carbocycles. The van der Waals surface area contributed by atoms with E-state index >= 15 is 0 Å². The molecule has 25 heavy (non-hydrogen) atoms. The van der Waals surface area contributed by atoms with Gasteiger partial charge in [-0.15, -0.1) is 0 Å². The fraction of sp³-hybridized carbons (Fsp3) is 0.316. The molecule has 2 aromatic heterocycles. The summed E-state index contributed by atoms with van der Waals surface area (Å²) in [6.45, 7) is 2.95. The number of carbonyl (C=O) groups is 1. The van der Waals surface area contributed by atoms with Crippen LogP contribution < -0.4 is 5.32 Å². The molecule has 6 heteroatoms. The van der Waals surface area contributed by atoms with E-state index < -0.39 is 11.6 Å². The third-order valence-electron chi connectivity index (χ3n) is 4.15. The van der Waals surface area contributed by atoms with Crippen LogP contribution in [0.25, 0.3) is 11.1 Å². The summed E-state index contributed by atoms with van der Waals surface area (Å²) >= 11 is 0. The van der Waals surface area contributed by atoms with Gasteiger partial charge in [-0.2, -0.15) is 0 Å². The van der Waals surface area contributed by atoms with Crippen LogP contribution in [0.4, 0.5) is 8.78 Å². The topological polar surface area (TPSA) is 47.2 Å². The first-order valence-electron chi connectivity index (χ1n) is 8.39. The highest BCUT2D eigenvalue weighted by molar-refractivity contribution is 5.97. The third-order valence-corrected chi connectivity index (χ3v) is 4.15. The van der Waals surface area contributed by atoms with Gasteiger partial charge in [0, 0.05) is 25.2 Å². The van der Waals surface area contributed by atoms with Crippen LogP contribution in [-0.2, 0) is 6.54 Å². The number of fused-ring (bicyclic) bond motifs is 1. The lowest BCUT2D eigenvalue weighted by Crippen LogP contribution is -2.27. The Morgan fingerprint density at radius 3 is 2.76 bits per heavy atom. The largest absolute Gasteiger partial charge is 0.463 e. The van der Waals surface area contributed by atoms with Gasteiger partial charge >= 0.3 is 0 Å². The molecule has 0 atom stereocenters. The molecule has 2 heterocycles. The zero-order valence-corrected chi connectivity index (χ0v) is 14.0. The normalized spacial score (nSPS) is 11.2. The zero-order chi connectivity index (χ0) is 17.8. The van der Waals surface area contributed by atoms with Crippen molar-refractivity contribution >= 4 is 17.0 Å². The van der Waals surface area contributed by atoms with Crippen molar-refractivity contribution in [2.45, 2.75) is 32.7 Å². The summed E-state index contributed by atoms with van der Waals surface area (Å²) < 4.78 is 33.7. The molecule has 1 aromatic carbocycles. The number of rotatable bonds is 7. The van der Waals surface area contributed by atoms with Crippen LogP contribution >= 0.6 is 0 Å². The van der Waals surface area contributed by atoms with Gasteiger partial charge in [0.05, 0.1) is 11.8 Å². The summed E-state index contributed by atoms with van der Waals surface area (Å²) in [6, 6.07) is 7.16. The highest BCUT2D eigenvalue weighted by atomic mass is 19.2. The maximum Gasteiger partial charge on any atom is 0.268 e. The van der Waals surface area contributed by atoms with E-state index in [1.807, 2.05) is 0 Å². The van der Waals surface area contributed by atoms with Crippen molar-refractivity contribution < 1.29 is 18.0 Å². The van der Waals surface area contributed by atoms with Crippen molar-refractivity contribution in [3.63, 3.8) is 0 Å². The first-order valence-corrected chi connectivity index (χ1v) is 8.39. The molecule has 0 fully saturated rings. The Bertz CT molecular complexity index is 883. The second-order valence-electron chi connectivity index (χ2n) is 6.00. The Morgan fingerprint density at radius 2 is 2.00 bits per heavy atom. The molecule has 0 aliphatic rings. The smallest absolute Gasteiger partial charge is 0.268 e. The van der Waals surface area contributed by atoms with Gasteiger partial charge in [0.2, 0.25) is 0 Å². The number of halogens is 2. The molecule has 1 amide bonds. The average Bonchev–Trinajstić information content (AvgIpc) is 3.17. The van der Waals surface area contributed by atoms with Crippen molar-refractivity contribution in [2.24, 2.45) is 0 Å². The minimum absolute atomic E-state index is 0.204. The molecule has 0 radical (unpaired) electrons. The first kappa shape index (κ1) is 17.2. The summed E-state index contributed by atoms with van der Waals surface area (Å²) in [5, 5.41) is 2.90. The molecule has 0 saturated heterocycles. The van der Waals surface area contributed by atoms with E-state index in [2.05, 4.69) is 12.2 Å². The Labute approximate surface area is 144 Å². The number of amides is 1. The zero-order valence-electron chi connectivity index (χ0n) is 14.0. The molecular weight excluding hydrogens is 326 g/mol. The minimum atomic E-state index is -0.904. The van der Waals surface area contributed by atoms with Crippen LogP contribution in [0.15, 0.2) is 41.0 Å². The third kappa shape index (κ3) is 3.73. The fourth-order valence-corrected chi connectivity index (χ4v) is 2.82. The second-order valence-corrected chi connectivity index (χ2v) is 6.00. The molecule has 0 aliphatic carbocycles. The summed E-state index contributed by atoms with van der Waals surface area (Å²) in [4.78, 5) is 12.5. The van der Waals surface area contributed by atoms with Crippen molar-refractivity contribution in [3.05, 3.63) is 59.5 Å². The maximum absolute atomic E-state index is 13.5. The number of hydrogen-bond acceptors (Lipinski definition) is 2. The van der Waals surface area contributed by atoms with E-state index in [-0.39, 0.29) is 12.5 Å². The van der Waals surface area contributed by atoms with Crippen molar-refractivity contribution in [1.29, 1.82) is 0 Å². The van der Waals surface area contributed by atoms with E-state index in [0.717, 1.165) is 36.9 Å². The predicted molar refractivity (Wildman–Crippen MR) is 91.5 cm³/mol. The van der Waals surface area contributed by atoms with Crippen LogP contribution in [0.2, 0.25) is 0 Å². The SMILES string of the molecule is CCCCCNC(=O)c1cc2occc2n1Cc1ccc(F)c(F)c1. The number of hydrogen-bond donors (Lipinski definition) is 1. The Hall–Kier alpha value is -2.63. The van der Waals surface area contributed by atoms with Crippen molar-refractivity contribution in [3.8, 4) is 0 Å². The van der Waals surface area contributed by atoms with Gasteiger partial charge in [0.15, 0.2) is 17.2 Å². The summed E-state index contributed by atoms with van der Waals surface area (Å²) in [5.41, 5.74) is 2.33. The Kier molecular flexibility index (Phi) is 5.16. The molecule has 0 bridgehead atoms. The Morgan fingerprint density at radius 1 is 1.16 bits per heavy atom. The van der Waals surface area contributed by atoms with Crippen LogP contribution in [-0.4, -0.2) is 17.0 Å². The summed E-state index contributed by atoms with van der Waals surface area (Å²) in [5.74, 6) is -2.00. The van der Waals surface area contributed by atoms with E-state index in [4.69, 9.17) is 4.42 Å². The number of aromatic nitrogens is 1. The monoisotopic (exact) mass is 346 g/mol. The van der Waals surface area contributed by atoms with Gasteiger partial charge in [-0.05, 0) is 24.1 Å². The van der Waals surface area contributed by atoms with E-state index in [9.17, 15) is 13.6 Å². The number of nitrogens with one attached hydrogen (secondary N) is 1. The molecular formula is C19H20F2N2O2. The lowest BCUT2D eigenvalue weighted by atomic mass is 10.2. The molecule has 1 N–H and O–H groups in total. The number of carbonyl (C=O) groups excluding carboxylic acids is 1. The minimum Gasteiger partial charge on any atom is -0.463 e. The quantitative estimate of drug-likeness (QED) is 0.641. The molecule has 4 nitrogen and oxygen atoms in total. The maximum atomic E-state index is 13.5. The number of nitrogens with zero attached hydrogens (tertiary/aromatic N) is 1. The standard InChI is InChI=1S/C19H20F2N2O2/c1-2-3-4-8-22-19(24)17-11-18-16(7-9-25-18)23(17)12-13-5-6-14(20)15(21)10-13/h5-7,9-11H,2-4,8,12H2,1H3,(H,22,24). The van der Waals surface area contributed by atoms with Gasteiger partial charge in [-0.1, -0.05) is 25.8 Å². The van der Waals surface area contributed by atoms with Gasteiger partial charge in [0.25, 0.3) is 5.91 Å². The number of benzene rings is 1. The molecule has 132 valence electrons. The molecule has 3 rings (SSSR count). The average molecular weight is 346 g/mol. The van der Waals surface area contributed by atoms with Gasteiger partial charge < -0.3 is 14.3 Å². The van der Waals surface area contributed by atoms with E-state index in [1.165, 1.54) is 12.3 Å². The number of unbranched alkanes of at least 4 members (excludes halogenated alkanes) is 2. The van der Waals surface area contributed by atoms with E-state index in [0.29, 0.717) is 23.4 Å². The summed E-state index contributed by atoms with van der Waals surface area (Å²) in [6.07, 6.45) is 4.59. The second kappa shape index (κ2) is 7.51. The summed E-state index contributed by atoms with van der Waals surface area (Å²) in [7, 11) is 0. The lowest BCUT2D eigenvalue weighted by molar-refractivity contribution is 0.0944. The van der Waals surface area contributed by atoms with Crippen LogP contribution in [0.1, 0.15) is 42.2 Å². The van der Waals surface area contributed by atoms with Crippen molar-refractivity contribution in [1.82, 2.24) is 9.88 Å². The van der Waals surface area contributed by atoms with Gasteiger partial charge in [-0.3, -0.25) is 4.79 Å². The van der Waals surface area contributed by atoms with Gasteiger partial charge in [-0.25, -0.2) is 8.78 Å². The fourth-order valence-electron chi connectivity index (χ4n) is 2.82. The Balaban J connectivity index is 1.86. The molecule has 3 aromatic rings.